The van der Waals surface area contributed by atoms with Crippen LogP contribution in [0.2, 0.25) is 0 Å². The molecule has 0 saturated heterocycles. The van der Waals surface area contributed by atoms with Gasteiger partial charge in [-0.05, 0) is 59.7 Å². The number of carboxylic acid groups (broad SMARTS) is 1. The lowest BCUT2D eigenvalue weighted by Gasteiger charge is -2.32. The van der Waals surface area contributed by atoms with Crippen molar-refractivity contribution in [1.29, 1.82) is 0 Å². The molecule has 0 bridgehead atoms. The van der Waals surface area contributed by atoms with Crippen LogP contribution in [0.1, 0.15) is 18.4 Å². The van der Waals surface area contributed by atoms with Gasteiger partial charge in [0.1, 0.15) is 0 Å². The van der Waals surface area contributed by atoms with Crippen molar-refractivity contribution in [2.45, 2.75) is 18.3 Å². The fraction of sp³-hybridized carbons (Fsp3) is 0.562. The van der Waals surface area contributed by atoms with E-state index in [1.165, 1.54) is 0 Å². The van der Waals surface area contributed by atoms with Crippen molar-refractivity contribution < 1.29 is 9.90 Å². The van der Waals surface area contributed by atoms with Gasteiger partial charge in [0.2, 0.25) is 0 Å². The smallest absolute Gasteiger partial charge is 0.314 e. The summed E-state index contributed by atoms with van der Waals surface area (Å²) in [5, 5.41) is 9.87. The van der Waals surface area contributed by atoms with E-state index in [0.29, 0.717) is 12.8 Å². The zero-order valence-corrected chi connectivity index (χ0v) is 13.0. The maximum Gasteiger partial charge on any atom is 0.314 e. The van der Waals surface area contributed by atoms with Crippen molar-refractivity contribution in [2.24, 2.45) is 0 Å². The molecule has 1 aromatic carbocycles. The summed E-state index contributed by atoms with van der Waals surface area (Å²) in [6.45, 7) is 1.52. The molecular formula is C16H26N2O2. The lowest BCUT2D eigenvalue weighted by molar-refractivity contribution is -0.144. The van der Waals surface area contributed by atoms with Gasteiger partial charge in [-0.1, -0.05) is 30.3 Å². The number of carboxylic acids is 1. The molecule has 0 saturated carbocycles. The molecule has 0 spiro atoms. The van der Waals surface area contributed by atoms with E-state index in [1.54, 1.807) is 0 Å². The predicted molar refractivity (Wildman–Crippen MR) is 82.1 cm³/mol. The van der Waals surface area contributed by atoms with Crippen molar-refractivity contribution in [2.75, 3.05) is 41.3 Å². The minimum Gasteiger partial charge on any atom is -0.481 e. The molecule has 1 rings (SSSR count). The summed E-state index contributed by atoms with van der Waals surface area (Å²) < 4.78 is 0. The third kappa shape index (κ3) is 4.32. The highest BCUT2D eigenvalue weighted by atomic mass is 16.4. The number of aliphatic carboxylic acids is 1. The van der Waals surface area contributed by atoms with Gasteiger partial charge in [0.25, 0.3) is 0 Å². The molecule has 4 heteroatoms. The van der Waals surface area contributed by atoms with Crippen LogP contribution in [0.15, 0.2) is 30.3 Å². The molecule has 0 heterocycles. The van der Waals surface area contributed by atoms with Crippen LogP contribution in [0.5, 0.6) is 0 Å². The van der Waals surface area contributed by atoms with Crippen LogP contribution in [0.3, 0.4) is 0 Å². The number of carbonyl (C=O) groups is 1. The lowest BCUT2D eigenvalue weighted by atomic mass is 9.74. The monoisotopic (exact) mass is 278 g/mol. The topological polar surface area (TPSA) is 43.8 Å². The summed E-state index contributed by atoms with van der Waals surface area (Å²) in [5.74, 6) is -0.729. The lowest BCUT2D eigenvalue weighted by Crippen LogP contribution is -2.41. The van der Waals surface area contributed by atoms with Crippen molar-refractivity contribution in [3.8, 4) is 0 Å². The minimum atomic E-state index is -0.810. The van der Waals surface area contributed by atoms with Crippen LogP contribution in [0, 0.1) is 0 Å². The van der Waals surface area contributed by atoms with Gasteiger partial charge in [0.05, 0.1) is 5.41 Å². The van der Waals surface area contributed by atoms with Crippen LogP contribution in [-0.4, -0.2) is 62.2 Å². The number of rotatable bonds is 8. The van der Waals surface area contributed by atoms with E-state index in [9.17, 15) is 9.90 Å². The first-order valence-electron chi connectivity index (χ1n) is 6.97. The summed E-state index contributed by atoms with van der Waals surface area (Å²) in [6.07, 6.45) is 1.24. The SMILES string of the molecule is CN(C)CCC(CCN(C)C)(C(=O)O)c1ccccc1. The second kappa shape index (κ2) is 7.41. The Hall–Kier alpha value is -1.39. The van der Waals surface area contributed by atoms with E-state index in [0.717, 1.165) is 18.7 Å². The molecule has 0 aliphatic heterocycles. The van der Waals surface area contributed by atoms with Crippen molar-refractivity contribution in [3.05, 3.63) is 35.9 Å². The molecule has 0 aromatic heterocycles. The molecule has 4 nitrogen and oxygen atoms in total. The van der Waals surface area contributed by atoms with E-state index in [4.69, 9.17) is 0 Å². The quantitative estimate of drug-likeness (QED) is 0.789. The number of nitrogens with zero attached hydrogens (tertiary/aromatic N) is 2. The second-order valence-corrected chi connectivity index (χ2v) is 5.86. The predicted octanol–water partition coefficient (Wildman–Crippen LogP) is 1.91. The van der Waals surface area contributed by atoms with Gasteiger partial charge in [-0.2, -0.15) is 0 Å². The minimum absolute atomic E-state index is 0.618. The Morgan fingerprint density at radius 3 is 1.80 bits per heavy atom. The Bertz CT molecular complexity index is 404. The molecule has 0 unspecified atom stereocenters. The van der Waals surface area contributed by atoms with E-state index >= 15 is 0 Å². The average Bonchev–Trinajstić information content (AvgIpc) is 2.39. The molecule has 0 aliphatic rings. The molecule has 0 amide bonds. The molecule has 1 N–H and O–H groups in total. The molecule has 0 radical (unpaired) electrons. The van der Waals surface area contributed by atoms with Crippen LogP contribution >= 0.6 is 0 Å². The van der Waals surface area contributed by atoms with Crippen molar-refractivity contribution in [3.63, 3.8) is 0 Å². The Balaban J connectivity index is 3.09. The maximum absolute atomic E-state index is 12.0. The molecule has 20 heavy (non-hydrogen) atoms. The molecule has 0 atom stereocenters. The van der Waals surface area contributed by atoms with Crippen LogP contribution in [0.4, 0.5) is 0 Å². The standard InChI is InChI=1S/C16H26N2O2/c1-17(2)12-10-16(15(19)20,11-13-18(3)4)14-8-6-5-7-9-14/h5-9H,10-13H2,1-4H3,(H,19,20). The van der Waals surface area contributed by atoms with Gasteiger partial charge in [0.15, 0.2) is 0 Å². The normalized spacial score (nSPS) is 12.1. The summed E-state index contributed by atoms with van der Waals surface area (Å²) in [4.78, 5) is 16.1. The first-order valence-corrected chi connectivity index (χ1v) is 6.97. The Morgan fingerprint density at radius 2 is 1.45 bits per heavy atom. The van der Waals surface area contributed by atoms with Gasteiger partial charge in [-0.3, -0.25) is 4.79 Å². The van der Waals surface area contributed by atoms with Gasteiger partial charge < -0.3 is 14.9 Å². The first kappa shape index (κ1) is 16.7. The van der Waals surface area contributed by atoms with Gasteiger partial charge >= 0.3 is 5.97 Å². The zero-order chi connectivity index (χ0) is 15.2. The molecule has 0 fully saturated rings. The second-order valence-electron chi connectivity index (χ2n) is 5.86. The van der Waals surface area contributed by atoms with Crippen molar-refractivity contribution in [1.82, 2.24) is 9.80 Å². The fourth-order valence-corrected chi connectivity index (χ4v) is 2.34. The third-order valence-corrected chi connectivity index (χ3v) is 3.71. The third-order valence-electron chi connectivity index (χ3n) is 3.71. The summed E-state index contributed by atoms with van der Waals surface area (Å²) in [5.41, 5.74) is 0.0895. The summed E-state index contributed by atoms with van der Waals surface area (Å²) in [6, 6.07) is 9.61. The molecule has 0 aliphatic carbocycles. The van der Waals surface area contributed by atoms with Crippen LogP contribution in [0.25, 0.3) is 0 Å². The Kier molecular flexibility index (Phi) is 6.17. The summed E-state index contributed by atoms with van der Waals surface area (Å²) >= 11 is 0. The molecular weight excluding hydrogens is 252 g/mol. The van der Waals surface area contributed by atoms with Gasteiger partial charge in [0, 0.05) is 0 Å². The van der Waals surface area contributed by atoms with Gasteiger partial charge in [-0.15, -0.1) is 0 Å². The number of hydrogen-bond donors (Lipinski definition) is 1. The van der Waals surface area contributed by atoms with E-state index in [2.05, 4.69) is 0 Å². The van der Waals surface area contributed by atoms with Crippen LogP contribution < -0.4 is 0 Å². The average molecular weight is 278 g/mol. The zero-order valence-electron chi connectivity index (χ0n) is 13.0. The number of hydrogen-bond acceptors (Lipinski definition) is 3. The van der Waals surface area contributed by atoms with Crippen molar-refractivity contribution >= 4 is 5.97 Å². The largest absolute Gasteiger partial charge is 0.481 e. The highest BCUT2D eigenvalue weighted by Crippen LogP contribution is 2.32. The first-order chi connectivity index (χ1) is 9.38. The van der Waals surface area contributed by atoms with Crippen LogP contribution in [-0.2, 0) is 10.2 Å². The van der Waals surface area contributed by atoms with E-state index in [-0.39, 0.29) is 0 Å². The maximum atomic E-state index is 12.0. The van der Waals surface area contributed by atoms with E-state index in [1.807, 2.05) is 68.3 Å². The van der Waals surface area contributed by atoms with Gasteiger partial charge in [-0.25, -0.2) is 0 Å². The van der Waals surface area contributed by atoms with E-state index < -0.39 is 11.4 Å². The Labute approximate surface area is 122 Å². The summed E-state index contributed by atoms with van der Waals surface area (Å²) in [7, 11) is 7.90. The number of benzene rings is 1. The Morgan fingerprint density at radius 1 is 1.00 bits per heavy atom. The fourth-order valence-electron chi connectivity index (χ4n) is 2.34. The molecule has 1 aromatic rings. The highest BCUT2D eigenvalue weighted by Gasteiger charge is 2.39. The molecule has 112 valence electrons. The highest BCUT2D eigenvalue weighted by molar-refractivity contribution is 5.81.